The lowest BCUT2D eigenvalue weighted by molar-refractivity contribution is -0.122. The Morgan fingerprint density at radius 3 is 2.50 bits per heavy atom. The van der Waals surface area contributed by atoms with E-state index >= 15 is 0 Å². The minimum absolute atomic E-state index is 0.0272. The normalized spacial score (nSPS) is 11.9. The van der Waals surface area contributed by atoms with E-state index in [2.05, 4.69) is 10.6 Å². The van der Waals surface area contributed by atoms with Crippen molar-refractivity contribution in [1.29, 1.82) is 0 Å². The van der Waals surface area contributed by atoms with Gasteiger partial charge in [0.05, 0.1) is 32.4 Å². The predicted molar refractivity (Wildman–Crippen MR) is 91.5 cm³/mol. The fourth-order valence-electron chi connectivity index (χ4n) is 2.03. The topological polar surface area (TPSA) is 103 Å². The molecular weight excluding hydrogens is 310 g/mol. The van der Waals surface area contributed by atoms with Crippen molar-refractivity contribution in [3.05, 3.63) is 35.9 Å². The maximum atomic E-state index is 11.8. The van der Waals surface area contributed by atoms with Crippen molar-refractivity contribution in [2.24, 2.45) is 5.73 Å². The Morgan fingerprint density at radius 1 is 1.12 bits per heavy atom. The van der Waals surface area contributed by atoms with Gasteiger partial charge in [0.15, 0.2) is 0 Å². The largest absolute Gasteiger partial charge is 0.379 e. The molecule has 0 aliphatic carbocycles. The molecule has 0 radical (unpaired) electrons. The van der Waals surface area contributed by atoms with Crippen LogP contribution in [0.2, 0.25) is 0 Å². The van der Waals surface area contributed by atoms with Crippen molar-refractivity contribution in [3.63, 3.8) is 0 Å². The van der Waals surface area contributed by atoms with Gasteiger partial charge in [-0.2, -0.15) is 0 Å². The van der Waals surface area contributed by atoms with Gasteiger partial charge in [-0.15, -0.1) is 0 Å². The average molecular weight is 337 g/mol. The first-order valence-electron chi connectivity index (χ1n) is 8.12. The van der Waals surface area contributed by atoms with Crippen LogP contribution in [0, 0.1) is 0 Å². The third-order valence-corrected chi connectivity index (χ3v) is 3.28. The number of carbonyl (C=O) groups is 2. The van der Waals surface area contributed by atoms with Crippen molar-refractivity contribution >= 4 is 11.8 Å². The molecule has 0 aliphatic heterocycles. The summed E-state index contributed by atoms with van der Waals surface area (Å²) in [7, 11) is 0. The fourth-order valence-corrected chi connectivity index (χ4v) is 2.03. The first kappa shape index (κ1) is 20.1. The summed E-state index contributed by atoms with van der Waals surface area (Å²) in [6, 6.07) is 8.94. The van der Waals surface area contributed by atoms with Crippen LogP contribution in [0.1, 0.15) is 12.5 Å². The highest BCUT2D eigenvalue weighted by Crippen LogP contribution is 2.02. The summed E-state index contributed by atoms with van der Waals surface area (Å²) in [4.78, 5) is 23.2. The molecule has 1 rings (SSSR count). The Bertz CT molecular complexity index is 482. The zero-order valence-electron chi connectivity index (χ0n) is 14.1. The molecule has 7 nitrogen and oxygen atoms in total. The van der Waals surface area contributed by atoms with Gasteiger partial charge in [0.1, 0.15) is 0 Å². The number of carbonyl (C=O) groups excluding carboxylic acids is 2. The standard InChI is InChI=1S/C17H27N3O4/c1-2-23-10-11-24-9-8-19-16(21)13-20-15(17(18)22)12-14-6-4-3-5-7-14/h3-7,15,20H,2,8-13H2,1H3,(H2,18,22)(H,19,21)/t15-/m0/s1. The highest BCUT2D eigenvalue weighted by molar-refractivity contribution is 5.82. The lowest BCUT2D eigenvalue weighted by Crippen LogP contribution is -2.47. The molecule has 4 N–H and O–H groups in total. The number of ether oxygens (including phenoxy) is 2. The zero-order valence-corrected chi connectivity index (χ0v) is 14.1. The molecular formula is C17H27N3O4. The molecule has 0 spiro atoms. The maximum Gasteiger partial charge on any atom is 0.234 e. The van der Waals surface area contributed by atoms with Crippen LogP contribution in [0.15, 0.2) is 30.3 Å². The number of nitrogens with one attached hydrogen (secondary N) is 2. The van der Waals surface area contributed by atoms with E-state index in [1.54, 1.807) is 0 Å². The van der Waals surface area contributed by atoms with Gasteiger partial charge in [0.2, 0.25) is 11.8 Å². The summed E-state index contributed by atoms with van der Waals surface area (Å²) in [5.41, 5.74) is 6.37. The number of rotatable bonds is 13. The highest BCUT2D eigenvalue weighted by atomic mass is 16.5. The molecule has 0 aromatic heterocycles. The van der Waals surface area contributed by atoms with Gasteiger partial charge in [0.25, 0.3) is 0 Å². The summed E-state index contributed by atoms with van der Waals surface area (Å²) in [6.45, 7) is 4.49. The average Bonchev–Trinajstić information content (AvgIpc) is 2.58. The molecule has 134 valence electrons. The van der Waals surface area contributed by atoms with E-state index in [9.17, 15) is 9.59 Å². The van der Waals surface area contributed by atoms with Crippen molar-refractivity contribution in [2.75, 3.05) is 39.5 Å². The molecule has 1 aromatic carbocycles. The molecule has 0 saturated heterocycles. The SMILES string of the molecule is CCOCCOCCNC(=O)CN[C@@H](Cc1ccccc1)C(N)=O. The molecule has 0 unspecified atom stereocenters. The molecule has 0 fully saturated rings. The Labute approximate surface area is 142 Å². The van der Waals surface area contributed by atoms with Crippen LogP contribution in [0.3, 0.4) is 0 Å². The van der Waals surface area contributed by atoms with E-state index in [1.807, 2.05) is 37.3 Å². The van der Waals surface area contributed by atoms with E-state index in [-0.39, 0.29) is 12.5 Å². The predicted octanol–water partition coefficient (Wildman–Crippen LogP) is -0.158. The van der Waals surface area contributed by atoms with Gasteiger partial charge in [-0.05, 0) is 18.9 Å². The number of nitrogens with two attached hydrogens (primary N) is 1. The molecule has 2 amide bonds. The van der Waals surface area contributed by atoms with Crippen LogP contribution >= 0.6 is 0 Å². The molecule has 0 saturated carbocycles. The van der Waals surface area contributed by atoms with E-state index < -0.39 is 11.9 Å². The van der Waals surface area contributed by atoms with E-state index in [0.29, 0.717) is 39.4 Å². The van der Waals surface area contributed by atoms with Gasteiger partial charge in [-0.3, -0.25) is 14.9 Å². The summed E-state index contributed by atoms with van der Waals surface area (Å²) in [5, 5.41) is 5.60. The van der Waals surface area contributed by atoms with Crippen molar-refractivity contribution in [1.82, 2.24) is 10.6 Å². The highest BCUT2D eigenvalue weighted by Gasteiger charge is 2.16. The Kier molecular flexibility index (Phi) is 10.4. The fraction of sp³-hybridized carbons (Fsp3) is 0.529. The van der Waals surface area contributed by atoms with Crippen LogP contribution < -0.4 is 16.4 Å². The van der Waals surface area contributed by atoms with Gasteiger partial charge in [-0.1, -0.05) is 30.3 Å². The van der Waals surface area contributed by atoms with Gasteiger partial charge >= 0.3 is 0 Å². The third-order valence-electron chi connectivity index (χ3n) is 3.28. The summed E-state index contributed by atoms with van der Waals surface area (Å²) in [6.07, 6.45) is 0.448. The van der Waals surface area contributed by atoms with Gasteiger partial charge in [0, 0.05) is 13.2 Å². The number of hydrogen-bond donors (Lipinski definition) is 3. The van der Waals surface area contributed by atoms with E-state index in [0.717, 1.165) is 5.56 Å². The Morgan fingerprint density at radius 2 is 1.83 bits per heavy atom. The first-order chi connectivity index (χ1) is 11.6. The molecule has 0 heterocycles. The van der Waals surface area contributed by atoms with Crippen LogP contribution in [-0.4, -0.2) is 57.4 Å². The first-order valence-corrected chi connectivity index (χ1v) is 8.12. The Balaban J connectivity index is 2.19. The lowest BCUT2D eigenvalue weighted by atomic mass is 10.1. The van der Waals surface area contributed by atoms with Crippen LogP contribution in [0.25, 0.3) is 0 Å². The monoisotopic (exact) mass is 337 g/mol. The lowest BCUT2D eigenvalue weighted by Gasteiger charge is -2.15. The molecule has 24 heavy (non-hydrogen) atoms. The van der Waals surface area contributed by atoms with Crippen LogP contribution in [0.5, 0.6) is 0 Å². The number of hydrogen-bond acceptors (Lipinski definition) is 5. The van der Waals surface area contributed by atoms with E-state index in [1.165, 1.54) is 0 Å². The van der Waals surface area contributed by atoms with Crippen molar-refractivity contribution in [3.8, 4) is 0 Å². The number of amides is 2. The summed E-state index contributed by atoms with van der Waals surface area (Å²) >= 11 is 0. The van der Waals surface area contributed by atoms with Crippen molar-refractivity contribution < 1.29 is 19.1 Å². The quantitative estimate of drug-likeness (QED) is 0.434. The number of benzene rings is 1. The van der Waals surface area contributed by atoms with E-state index in [4.69, 9.17) is 15.2 Å². The smallest absolute Gasteiger partial charge is 0.234 e. The van der Waals surface area contributed by atoms with Crippen LogP contribution in [0.4, 0.5) is 0 Å². The Hall–Kier alpha value is -1.96. The van der Waals surface area contributed by atoms with Gasteiger partial charge in [-0.25, -0.2) is 0 Å². The number of primary amides is 1. The summed E-state index contributed by atoms with van der Waals surface area (Å²) in [5.74, 6) is -0.686. The zero-order chi connectivity index (χ0) is 17.6. The third kappa shape index (κ3) is 9.24. The van der Waals surface area contributed by atoms with Crippen molar-refractivity contribution in [2.45, 2.75) is 19.4 Å². The molecule has 1 atom stereocenters. The second-order valence-electron chi connectivity index (χ2n) is 5.18. The summed E-state index contributed by atoms with van der Waals surface area (Å²) < 4.78 is 10.4. The minimum atomic E-state index is -0.583. The van der Waals surface area contributed by atoms with Crippen LogP contribution in [-0.2, 0) is 25.5 Å². The second kappa shape index (κ2) is 12.5. The second-order valence-corrected chi connectivity index (χ2v) is 5.18. The minimum Gasteiger partial charge on any atom is -0.379 e. The molecule has 0 bridgehead atoms. The van der Waals surface area contributed by atoms with Gasteiger partial charge < -0.3 is 20.5 Å². The molecule has 7 heteroatoms. The maximum absolute atomic E-state index is 11.8. The molecule has 0 aliphatic rings. The molecule has 1 aromatic rings.